The van der Waals surface area contributed by atoms with Gasteiger partial charge in [0.2, 0.25) is 11.5 Å². The normalized spacial score (nSPS) is 10.5. The van der Waals surface area contributed by atoms with Gasteiger partial charge in [-0.1, -0.05) is 23.2 Å². The summed E-state index contributed by atoms with van der Waals surface area (Å²) in [6.07, 6.45) is 2.31. The predicted octanol–water partition coefficient (Wildman–Crippen LogP) is 0.908. The van der Waals surface area contributed by atoms with Crippen LogP contribution in [0.2, 0.25) is 0 Å². The number of rotatable bonds is 6. The molecule has 0 aromatic carbocycles. The summed E-state index contributed by atoms with van der Waals surface area (Å²) in [5.74, 6) is -0.413. The summed E-state index contributed by atoms with van der Waals surface area (Å²) in [4.78, 5) is 13.3. The van der Waals surface area contributed by atoms with Gasteiger partial charge in [0.15, 0.2) is 0 Å². The molecule has 0 radical (unpaired) electrons. The van der Waals surface area contributed by atoms with E-state index >= 15 is 0 Å². The van der Waals surface area contributed by atoms with Gasteiger partial charge in [-0.3, -0.25) is 0 Å². The van der Waals surface area contributed by atoms with Crippen molar-refractivity contribution in [1.82, 2.24) is 25.0 Å². The van der Waals surface area contributed by atoms with E-state index in [1.165, 1.54) is 22.3 Å². The zero-order valence-corrected chi connectivity index (χ0v) is 10.4. The number of anilines is 1. The van der Waals surface area contributed by atoms with Crippen molar-refractivity contribution in [3.8, 4) is 0 Å². The Morgan fingerprint density at radius 2 is 2.39 bits per heavy atom. The molecule has 0 aliphatic carbocycles. The molecule has 0 aliphatic heterocycles. The first-order valence-corrected chi connectivity index (χ1v) is 6.10. The number of nitrogens with zero attached hydrogens (tertiary/aromatic N) is 6. The summed E-state index contributed by atoms with van der Waals surface area (Å²) in [5, 5.41) is 26.6. The Bertz CT molecular complexity index is 537. The molecule has 2 heterocycles. The van der Waals surface area contributed by atoms with E-state index in [2.05, 4.69) is 32.5 Å². The monoisotopic (exact) mass is 269 g/mol. The van der Waals surface area contributed by atoms with E-state index in [4.69, 9.17) is 0 Å². The Morgan fingerprint density at radius 3 is 3.06 bits per heavy atom. The van der Waals surface area contributed by atoms with Crippen molar-refractivity contribution >= 4 is 22.4 Å². The van der Waals surface area contributed by atoms with Gasteiger partial charge in [-0.05, 0) is 11.3 Å². The van der Waals surface area contributed by atoms with E-state index in [-0.39, 0.29) is 0 Å². The van der Waals surface area contributed by atoms with Crippen LogP contribution in [-0.4, -0.2) is 36.4 Å². The lowest BCUT2D eigenvalue weighted by molar-refractivity contribution is -0.394. The van der Waals surface area contributed by atoms with Crippen molar-refractivity contribution in [2.75, 3.05) is 11.9 Å². The van der Waals surface area contributed by atoms with Gasteiger partial charge in [-0.15, -0.1) is 10.2 Å². The predicted molar refractivity (Wildman–Crippen MR) is 64.5 cm³/mol. The van der Waals surface area contributed by atoms with Crippen molar-refractivity contribution in [2.45, 2.75) is 19.9 Å². The Balaban J connectivity index is 1.99. The maximum absolute atomic E-state index is 10.4. The molecule has 10 heteroatoms. The van der Waals surface area contributed by atoms with Gasteiger partial charge in [0.1, 0.15) is 11.6 Å². The minimum Gasteiger partial charge on any atom is -0.390 e. The van der Waals surface area contributed by atoms with E-state index in [1.54, 1.807) is 0 Å². The maximum Gasteiger partial charge on any atom is 0.490 e. The van der Waals surface area contributed by atoms with Crippen LogP contribution in [0.25, 0.3) is 0 Å². The van der Waals surface area contributed by atoms with Crippen LogP contribution in [0, 0.1) is 10.1 Å². The van der Waals surface area contributed by atoms with Crippen molar-refractivity contribution < 1.29 is 4.92 Å². The Hall–Kier alpha value is -2.10. The standard InChI is InChI=1S/C8H11N7O2S/c1-2-3-9-8-12-11-6(18-8)4-14-5-10-7(13-14)15(16)17/h5H,2-4H2,1H3,(H,9,12). The van der Waals surface area contributed by atoms with Crippen LogP contribution < -0.4 is 5.32 Å². The molecule has 0 saturated heterocycles. The van der Waals surface area contributed by atoms with Crippen LogP contribution in [0.4, 0.5) is 11.1 Å². The first-order valence-electron chi connectivity index (χ1n) is 5.29. The average Bonchev–Trinajstić information content (AvgIpc) is 2.96. The summed E-state index contributed by atoms with van der Waals surface area (Å²) < 4.78 is 1.36. The molecule has 9 nitrogen and oxygen atoms in total. The van der Waals surface area contributed by atoms with Gasteiger partial charge in [-0.25, -0.2) is 0 Å². The van der Waals surface area contributed by atoms with Crippen LogP contribution >= 0.6 is 11.3 Å². The molecule has 1 N–H and O–H groups in total. The summed E-state index contributed by atoms with van der Waals surface area (Å²) in [7, 11) is 0. The summed E-state index contributed by atoms with van der Waals surface area (Å²) >= 11 is 1.39. The van der Waals surface area contributed by atoms with Gasteiger partial charge < -0.3 is 15.4 Å². The van der Waals surface area contributed by atoms with Gasteiger partial charge in [0, 0.05) is 11.6 Å². The first kappa shape index (κ1) is 12.4. The molecule has 0 fully saturated rings. The fraction of sp³-hybridized carbons (Fsp3) is 0.500. The van der Waals surface area contributed by atoms with Gasteiger partial charge >= 0.3 is 5.95 Å². The zero-order valence-electron chi connectivity index (χ0n) is 9.61. The lowest BCUT2D eigenvalue weighted by Gasteiger charge is -1.95. The molecule has 0 unspecified atom stereocenters. The van der Waals surface area contributed by atoms with E-state index in [9.17, 15) is 10.1 Å². The Kier molecular flexibility index (Phi) is 3.77. The van der Waals surface area contributed by atoms with E-state index in [1.807, 2.05) is 0 Å². The average molecular weight is 269 g/mol. The Morgan fingerprint density at radius 1 is 1.56 bits per heavy atom. The SMILES string of the molecule is CCCNc1nnc(Cn2cnc([N+](=O)[O-])n2)s1. The number of nitro groups is 1. The second-order valence-electron chi connectivity index (χ2n) is 3.43. The summed E-state index contributed by atoms with van der Waals surface area (Å²) in [5.41, 5.74) is 0. The molecule has 2 rings (SSSR count). The minimum atomic E-state index is -0.634. The Labute approximate surface area is 106 Å². The molecule has 0 amide bonds. The molecule has 0 saturated carbocycles. The molecule has 18 heavy (non-hydrogen) atoms. The molecular weight excluding hydrogens is 258 g/mol. The highest BCUT2D eigenvalue weighted by molar-refractivity contribution is 7.15. The molecule has 0 atom stereocenters. The van der Waals surface area contributed by atoms with Crippen LogP contribution in [0.15, 0.2) is 6.33 Å². The van der Waals surface area contributed by atoms with Gasteiger partial charge in [0.25, 0.3) is 0 Å². The maximum atomic E-state index is 10.4. The molecule has 2 aromatic rings. The third-order valence-corrected chi connectivity index (χ3v) is 2.84. The van der Waals surface area contributed by atoms with E-state index < -0.39 is 10.9 Å². The molecule has 96 valence electrons. The van der Waals surface area contributed by atoms with Crippen LogP contribution in [0.3, 0.4) is 0 Å². The van der Waals surface area contributed by atoms with Crippen molar-refractivity contribution in [2.24, 2.45) is 0 Å². The molecule has 0 aliphatic rings. The third-order valence-electron chi connectivity index (χ3n) is 1.98. The van der Waals surface area contributed by atoms with Crippen LogP contribution in [0.1, 0.15) is 18.4 Å². The van der Waals surface area contributed by atoms with Gasteiger partial charge in [-0.2, -0.15) is 4.68 Å². The number of hydrogen-bond acceptors (Lipinski definition) is 8. The second kappa shape index (κ2) is 5.49. The fourth-order valence-electron chi connectivity index (χ4n) is 1.20. The smallest absolute Gasteiger partial charge is 0.390 e. The first-order chi connectivity index (χ1) is 8.69. The van der Waals surface area contributed by atoms with E-state index in [0.717, 1.165) is 18.1 Å². The molecular formula is C8H11N7O2S. The zero-order chi connectivity index (χ0) is 13.0. The number of hydrogen-bond donors (Lipinski definition) is 1. The lowest BCUT2D eigenvalue weighted by atomic mass is 10.5. The highest BCUT2D eigenvalue weighted by atomic mass is 32.1. The highest BCUT2D eigenvalue weighted by Gasteiger charge is 2.14. The summed E-state index contributed by atoms with van der Waals surface area (Å²) in [6.45, 7) is 3.22. The number of nitrogens with one attached hydrogen (secondary N) is 1. The van der Waals surface area contributed by atoms with Crippen molar-refractivity contribution in [1.29, 1.82) is 0 Å². The second-order valence-corrected chi connectivity index (χ2v) is 4.49. The van der Waals surface area contributed by atoms with E-state index in [0.29, 0.717) is 11.6 Å². The fourth-order valence-corrected chi connectivity index (χ4v) is 1.96. The summed E-state index contributed by atoms with van der Waals surface area (Å²) in [6, 6.07) is 0. The molecule has 2 aromatic heterocycles. The third kappa shape index (κ3) is 2.97. The highest BCUT2D eigenvalue weighted by Crippen LogP contribution is 2.16. The minimum absolute atomic E-state index is 0.326. The number of aromatic nitrogens is 5. The molecule has 0 bridgehead atoms. The molecule has 0 spiro atoms. The largest absolute Gasteiger partial charge is 0.490 e. The quantitative estimate of drug-likeness (QED) is 0.612. The van der Waals surface area contributed by atoms with Crippen molar-refractivity contribution in [3.63, 3.8) is 0 Å². The van der Waals surface area contributed by atoms with Crippen LogP contribution in [-0.2, 0) is 6.54 Å². The van der Waals surface area contributed by atoms with Crippen molar-refractivity contribution in [3.05, 3.63) is 21.4 Å². The van der Waals surface area contributed by atoms with Gasteiger partial charge in [0.05, 0.1) is 0 Å². The van der Waals surface area contributed by atoms with Crippen LogP contribution in [0.5, 0.6) is 0 Å². The lowest BCUT2D eigenvalue weighted by Crippen LogP contribution is -2.00. The topological polar surface area (TPSA) is 112 Å².